The van der Waals surface area contributed by atoms with Gasteiger partial charge in [0.15, 0.2) is 11.5 Å². The standard InChI is InChI=1S/C16H24O4/c1-11(2)6-7-12-8-9-14(13(17)10-12)19-15(18)20-16(3,4)5/h8-11,17H,6-7H2,1-5H3. The summed E-state index contributed by atoms with van der Waals surface area (Å²) in [5.41, 5.74) is 0.400. The van der Waals surface area contributed by atoms with Crippen LogP contribution in [0.2, 0.25) is 0 Å². The number of phenols is 1. The van der Waals surface area contributed by atoms with E-state index in [1.54, 1.807) is 32.9 Å². The highest BCUT2D eigenvalue weighted by atomic mass is 16.7. The van der Waals surface area contributed by atoms with Gasteiger partial charge in [-0.1, -0.05) is 19.9 Å². The molecule has 4 heteroatoms. The number of aryl methyl sites for hydroxylation is 1. The Morgan fingerprint density at radius 3 is 2.45 bits per heavy atom. The van der Waals surface area contributed by atoms with Crippen molar-refractivity contribution in [3.63, 3.8) is 0 Å². The van der Waals surface area contributed by atoms with Gasteiger partial charge in [-0.3, -0.25) is 0 Å². The quantitative estimate of drug-likeness (QED) is 0.660. The highest BCUT2D eigenvalue weighted by molar-refractivity contribution is 5.65. The molecule has 0 amide bonds. The van der Waals surface area contributed by atoms with Gasteiger partial charge in [0.1, 0.15) is 5.60 Å². The van der Waals surface area contributed by atoms with Crippen molar-refractivity contribution < 1.29 is 19.4 Å². The molecule has 0 saturated heterocycles. The van der Waals surface area contributed by atoms with E-state index >= 15 is 0 Å². The van der Waals surface area contributed by atoms with Crippen molar-refractivity contribution >= 4 is 6.16 Å². The molecule has 0 atom stereocenters. The molecule has 1 aromatic rings. The Labute approximate surface area is 120 Å². The number of ether oxygens (including phenoxy) is 2. The smallest absolute Gasteiger partial charge is 0.504 e. The zero-order valence-corrected chi connectivity index (χ0v) is 12.9. The van der Waals surface area contributed by atoms with Crippen LogP contribution < -0.4 is 4.74 Å². The zero-order valence-electron chi connectivity index (χ0n) is 12.9. The zero-order chi connectivity index (χ0) is 15.3. The fourth-order valence-corrected chi connectivity index (χ4v) is 1.62. The lowest BCUT2D eigenvalue weighted by Gasteiger charge is -2.19. The monoisotopic (exact) mass is 280 g/mol. The van der Waals surface area contributed by atoms with Crippen LogP contribution in [0.4, 0.5) is 4.79 Å². The Bertz CT molecular complexity index is 458. The third kappa shape index (κ3) is 5.95. The minimum atomic E-state index is -0.817. The number of phenolic OH excluding ortho intramolecular Hbond substituents is 1. The van der Waals surface area contributed by atoms with Crippen molar-refractivity contribution in [2.75, 3.05) is 0 Å². The summed E-state index contributed by atoms with van der Waals surface area (Å²) in [7, 11) is 0. The summed E-state index contributed by atoms with van der Waals surface area (Å²) in [5.74, 6) is 0.680. The van der Waals surface area contributed by atoms with Gasteiger partial charge < -0.3 is 14.6 Å². The maximum atomic E-state index is 11.5. The predicted molar refractivity (Wildman–Crippen MR) is 78.1 cm³/mol. The predicted octanol–water partition coefficient (Wildman–Crippen LogP) is 4.29. The molecule has 0 aliphatic heterocycles. The first-order valence-corrected chi connectivity index (χ1v) is 6.90. The number of carbonyl (C=O) groups excluding carboxylic acids is 1. The van der Waals surface area contributed by atoms with E-state index in [0.717, 1.165) is 18.4 Å². The average Bonchev–Trinajstić information content (AvgIpc) is 2.27. The average molecular weight is 280 g/mol. The first-order chi connectivity index (χ1) is 9.17. The van der Waals surface area contributed by atoms with E-state index in [9.17, 15) is 9.90 Å². The molecule has 1 aromatic carbocycles. The van der Waals surface area contributed by atoms with Crippen molar-refractivity contribution in [2.45, 2.75) is 53.1 Å². The minimum Gasteiger partial charge on any atom is -0.504 e. The highest BCUT2D eigenvalue weighted by Gasteiger charge is 2.19. The van der Waals surface area contributed by atoms with Gasteiger partial charge >= 0.3 is 6.16 Å². The van der Waals surface area contributed by atoms with E-state index in [4.69, 9.17) is 9.47 Å². The SMILES string of the molecule is CC(C)CCc1ccc(OC(=O)OC(C)(C)C)c(O)c1. The van der Waals surface area contributed by atoms with E-state index in [2.05, 4.69) is 13.8 Å². The molecule has 0 saturated carbocycles. The molecule has 0 aliphatic carbocycles. The van der Waals surface area contributed by atoms with Crippen LogP contribution in [0.3, 0.4) is 0 Å². The van der Waals surface area contributed by atoms with Gasteiger partial charge in [0, 0.05) is 0 Å². The molecule has 0 aliphatic rings. The Balaban J connectivity index is 2.66. The Kier molecular flexibility index (Phi) is 5.43. The molecule has 0 aromatic heterocycles. The third-order valence-corrected chi connectivity index (χ3v) is 2.62. The van der Waals surface area contributed by atoms with Gasteiger partial charge in [-0.2, -0.15) is 0 Å². The molecule has 1 N–H and O–H groups in total. The summed E-state index contributed by atoms with van der Waals surface area (Å²) in [6.45, 7) is 9.56. The summed E-state index contributed by atoms with van der Waals surface area (Å²) in [4.78, 5) is 11.5. The molecule has 0 unspecified atom stereocenters. The van der Waals surface area contributed by atoms with E-state index < -0.39 is 11.8 Å². The normalized spacial score (nSPS) is 11.5. The van der Waals surface area contributed by atoms with E-state index in [0.29, 0.717) is 5.92 Å². The summed E-state index contributed by atoms with van der Waals surface area (Å²) in [5, 5.41) is 9.87. The van der Waals surface area contributed by atoms with Crippen molar-refractivity contribution in [1.82, 2.24) is 0 Å². The number of rotatable bonds is 4. The maximum absolute atomic E-state index is 11.5. The molecular weight excluding hydrogens is 256 g/mol. The second kappa shape index (κ2) is 6.64. The van der Waals surface area contributed by atoms with Gasteiger partial charge in [0.05, 0.1) is 0 Å². The molecule has 0 bridgehead atoms. The fourth-order valence-electron chi connectivity index (χ4n) is 1.62. The van der Waals surface area contributed by atoms with Crippen LogP contribution in [-0.2, 0) is 11.2 Å². The molecule has 1 rings (SSSR count). The second-order valence-electron chi connectivity index (χ2n) is 6.30. The topological polar surface area (TPSA) is 55.8 Å². The summed E-state index contributed by atoms with van der Waals surface area (Å²) in [6.07, 6.45) is 1.12. The number of hydrogen-bond donors (Lipinski definition) is 1. The van der Waals surface area contributed by atoms with Crippen LogP contribution in [0.25, 0.3) is 0 Å². The largest absolute Gasteiger partial charge is 0.514 e. The molecule has 4 nitrogen and oxygen atoms in total. The number of hydrogen-bond acceptors (Lipinski definition) is 4. The lowest BCUT2D eigenvalue weighted by atomic mass is 10.0. The van der Waals surface area contributed by atoms with Gasteiger partial charge in [0.25, 0.3) is 0 Å². The van der Waals surface area contributed by atoms with Crippen molar-refractivity contribution in [1.29, 1.82) is 0 Å². The molecule has 112 valence electrons. The number of aromatic hydroxyl groups is 1. The number of benzene rings is 1. The highest BCUT2D eigenvalue weighted by Crippen LogP contribution is 2.28. The van der Waals surface area contributed by atoms with Crippen LogP contribution in [0.5, 0.6) is 11.5 Å². The van der Waals surface area contributed by atoms with Crippen LogP contribution >= 0.6 is 0 Å². The van der Waals surface area contributed by atoms with E-state index in [1.165, 1.54) is 0 Å². The summed E-state index contributed by atoms with van der Waals surface area (Å²) < 4.78 is 10.0. The van der Waals surface area contributed by atoms with E-state index in [1.807, 2.05) is 6.07 Å². The number of carbonyl (C=O) groups is 1. The van der Waals surface area contributed by atoms with Crippen LogP contribution in [0.15, 0.2) is 18.2 Å². The maximum Gasteiger partial charge on any atom is 0.514 e. The van der Waals surface area contributed by atoms with E-state index in [-0.39, 0.29) is 11.5 Å². The van der Waals surface area contributed by atoms with Crippen molar-refractivity contribution in [3.05, 3.63) is 23.8 Å². The Hall–Kier alpha value is -1.71. The molecule has 0 fully saturated rings. The second-order valence-corrected chi connectivity index (χ2v) is 6.30. The first kappa shape index (κ1) is 16.3. The Morgan fingerprint density at radius 1 is 1.30 bits per heavy atom. The van der Waals surface area contributed by atoms with Crippen molar-refractivity contribution in [3.8, 4) is 11.5 Å². The van der Waals surface area contributed by atoms with Crippen LogP contribution in [-0.4, -0.2) is 16.9 Å². The fraction of sp³-hybridized carbons (Fsp3) is 0.562. The molecule has 0 radical (unpaired) electrons. The van der Waals surface area contributed by atoms with Crippen molar-refractivity contribution in [2.24, 2.45) is 5.92 Å². The van der Waals surface area contributed by atoms with Gasteiger partial charge in [-0.25, -0.2) is 4.79 Å². The van der Waals surface area contributed by atoms with Gasteiger partial charge in [-0.15, -0.1) is 0 Å². The van der Waals surface area contributed by atoms with Crippen LogP contribution in [0.1, 0.15) is 46.6 Å². The Morgan fingerprint density at radius 2 is 1.95 bits per heavy atom. The summed E-state index contributed by atoms with van der Waals surface area (Å²) >= 11 is 0. The minimum absolute atomic E-state index is 0.0443. The van der Waals surface area contributed by atoms with Gasteiger partial charge in [-0.05, 0) is 57.2 Å². The summed E-state index contributed by atoms with van der Waals surface area (Å²) in [6, 6.07) is 5.07. The first-order valence-electron chi connectivity index (χ1n) is 6.90. The lowest BCUT2D eigenvalue weighted by Crippen LogP contribution is -2.26. The molecular formula is C16H24O4. The molecule has 0 heterocycles. The lowest BCUT2D eigenvalue weighted by molar-refractivity contribution is 0.0200. The van der Waals surface area contributed by atoms with Crippen LogP contribution in [0, 0.1) is 5.92 Å². The molecule has 0 spiro atoms. The molecule has 20 heavy (non-hydrogen) atoms. The van der Waals surface area contributed by atoms with Gasteiger partial charge in [0.2, 0.25) is 0 Å². The third-order valence-electron chi connectivity index (χ3n) is 2.62.